The van der Waals surface area contributed by atoms with Crippen molar-refractivity contribution < 1.29 is 20.1 Å². The summed E-state index contributed by atoms with van der Waals surface area (Å²) < 4.78 is 0. The summed E-state index contributed by atoms with van der Waals surface area (Å²) in [7, 11) is 0. The average Bonchev–Trinajstić information content (AvgIpc) is 2.37. The van der Waals surface area contributed by atoms with Crippen molar-refractivity contribution in [3.63, 3.8) is 0 Å². The second kappa shape index (κ2) is 5.81. The summed E-state index contributed by atoms with van der Waals surface area (Å²) in [5.74, 6) is -0.602. The molecule has 0 bridgehead atoms. The Kier molecular flexibility index (Phi) is 4.78. The standard InChI is InChI=1S/C15H23NO4/c1-14(2,3)11-7-5-6-10(12(11)19)13(20)16-15(4,8-17)9-18/h5-7,17-19H,8-9H2,1-4H3,(H,16,20). The smallest absolute Gasteiger partial charge is 0.255 e. The molecule has 0 aliphatic carbocycles. The molecule has 0 heterocycles. The molecular formula is C15H23NO4. The van der Waals surface area contributed by atoms with Crippen LogP contribution in [0.25, 0.3) is 0 Å². The Labute approximate surface area is 119 Å². The number of hydrogen-bond acceptors (Lipinski definition) is 4. The van der Waals surface area contributed by atoms with Gasteiger partial charge in [0.1, 0.15) is 5.75 Å². The minimum Gasteiger partial charge on any atom is -0.507 e. The van der Waals surface area contributed by atoms with Gasteiger partial charge in [0.15, 0.2) is 0 Å². The highest BCUT2D eigenvalue weighted by molar-refractivity contribution is 5.97. The van der Waals surface area contributed by atoms with Crippen molar-refractivity contribution in [1.82, 2.24) is 5.32 Å². The number of carbonyl (C=O) groups is 1. The fourth-order valence-corrected chi connectivity index (χ4v) is 1.80. The summed E-state index contributed by atoms with van der Waals surface area (Å²) in [6, 6.07) is 4.98. The van der Waals surface area contributed by atoms with Crippen LogP contribution in [-0.4, -0.2) is 40.0 Å². The second-order valence-electron chi connectivity index (χ2n) is 6.28. The number of aliphatic hydroxyl groups excluding tert-OH is 2. The van der Waals surface area contributed by atoms with E-state index in [-0.39, 0.29) is 16.7 Å². The van der Waals surface area contributed by atoms with Crippen molar-refractivity contribution in [2.75, 3.05) is 13.2 Å². The van der Waals surface area contributed by atoms with E-state index in [9.17, 15) is 20.1 Å². The molecule has 112 valence electrons. The molecule has 20 heavy (non-hydrogen) atoms. The zero-order valence-corrected chi connectivity index (χ0v) is 12.4. The van der Waals surface area contributed by atoms with E-state index < -0.39 is 24.7 Å². The maximum atomic E-state index is 12.2. The summed E-state index contributed by atoms with van der Waals surface area (Å²) in [6.45, 7) is 6.55. The highest BCUT2D eigenvalue weighted by atomic mass is 16.3. The number of aromatic hydroxyl groups is 1. The summed E-state index contributed by atoms with van der Waals surface area (Å²) >= 11 is 0. The van der Waals surface area contributed by atoms with Crippen LogP contribution in [0.2, 0.25) is 0 Å². The van der Waals surface area contributed by atoms with E-state index in [1.54, 1.807) is 12.1 Å². The number of phenolic OH excluding ortho intramolecular Hbond substituents is 1. The Bertz CT molecular complexity index is 487. The Morgan fingerprint density at radius 2 is 1.70 bits per heavy atom. The molecule has 5 heteroatoms. The molecule has 1 aromatic carbocycles. The quantitative estimate of drug-likeness (QED) is 0.667. The van der Waals surface area contributed by atoms with E-state index >= 15 is 0 Å². The van der Waals surface area contributed by atoms with Gasteiger partial charge in [0.25, 0.3) is 5.91 Å². The van der Waals surface area contributed by atoms with Gasteiger partial charge in [-0.1, -0.05) is 32.9 Å². The third-order valence-corrected chi connectivity index (χ3v) is 3.20. The molecule has 4 N–H and O–H groups in total. The highest BCUT2D eigenvalue weighted by Gasteiger charge is 2.28. The molecule has 1 rings (SSSR count). The van der Waals surface area contributed by atoms with Gasteiger partial charge in [-0.25, -0.2) is 0 Å². The minimum absolute atomic E-state index is 0.0734. The molecule has 0 atom stereocenters. The van der Waals surface area contributed by atoms with Gasteiger partial charge in [-0.2, -0.15) is 0 Å². The van der Waals surface area contributed by atoms with Crippen LogP contribution in [-0.2, 0) is 5.41 Å². The summed E-state index contributed by atoms with van der Waals surface area (Å²) in [5.41, 5.74) is -0.621. The number of hydrogen-bond donors (Lipinski definition) is 4. The van der Waals surface area contributed by atoms with Crippen LogP contribution in [0.3, 0.4) is 0 Å². The van der Waals surface area contributed by atoms with Crippen molar-refractivity contribution in [3.8, 4) is 5.75 Å². The molecule has 1 amide bonds. The first kappa shape index (κ1) is 16.5. The summed E-state index contributed by atoms with van der Waals surface area (Å²) in [5, 5.41) is 31.2. The first-order chi connectivity index (χ1) is 9.14. The molecule has 0 spiro atoms. The number of phenols is 1. The van der Waals surface area contributed by atoms with Crippen molar-refractivity contribution in [1.29, 1.82) is 0 Å². The van der Waals surface area contributed by atoms with Gasteiger partial charge >= 0.3 is 0 Å². The molecule has 0 saturated carbocycles. The normalized spacial score (nSPS) is 12.3. The lowest BCUT2D eigenvalue weighted by Gasteiger charge is -2.27. The second-order valence-corrected chi connectivity index (χ2v) is 6.28. The third-order valence-electron chi connectivity index (χ3n) is 3.20. The van der Waals surface area contributed by atoms with Crippen molar-refractivity contribution in [2.24, 2.45) is 0 Å². The molecule has 1 aromatic rings. The predicted molar refractivity (Wildman–Crippen MR) is 76.8 cm³/mol. The number of para-hydroxylation sites is 1. The first-order valence-corrected chi connectivity index (χ1v) is 6.51. The van der Waals surface area contributed by atoms with Gasteiger partial charge in [-0.05, 0) is 18.4 Å². The molecule has 5 nitrogen and oxygen atoms in total. The van der Waals surface area contributed by atoms with Gasteiger partial charge in [0, 0.05) is 5.56 Å². The third kappa shape index (κ3) is 3.49. The van der Waals surface area contributed by atoms with Crippen molar-refractivity contribution >= 4 is 5.91 Å². The molecule has 0 unspecified atom stereocenters. The Balaban J connectivity index is 3.13. The minimum atomic E-state index is -1.12. The number of benzene rings is 1. The van der Waals surface area contributed by atoms with Crippen LogP contribution in [0, 0.1) is 0 Å². The lowest BCUT2D eigenvalue weighted by Crippen LogP contribution is -2.51. The van der Waals surface area contributed by atoms with E-state index in [0.717, 1.165) is 0 Å². The largest absolute Gasteiger partial charge is 0.507 e. The number of rotatable bonds is 4. The fraction of sp³-hybridized carbons (Fsp3) is 0.533. The molecule has 0 aliphatic heterocycles. The predicted octanol–water partition coefficient (Wildman–Crippen LogP) is 1.16. The maximum Gasteiger partial charge on any atom is 0.255 e. The van der Waals surface area contributed by atoms with Gasteiger partial charge in [-0.15, -0.1) is 0 Å². The van der Waals surface area contributed by atoms with Crippen molar-refractivity contribution in [2.45, 2.75) is 38.6 Å². The van der Waals surface area contributed by atoms with E-state index in [1.807, 2.05) is 20.8 Å². The molecule has 0 radical (unpaired) electrons. The van der Waals surface area contributed by atoms with Gasteiger partial charge < -0.3 is 20.6 Å². The average molecular weight is 281 g/mol. The molecule has 0 aromatic heterocycles. The van der Waals surface area contributed by atoms with Crippen LogP contribution in [0.5, 0.6) is 5.75 Å². The van der Waals surface area contributed by atoms with E-state index in [4.69, 9.17) is 0 Å². The molecular weight excluding hydrogens is 258 g/mol. The lowest BCUT2D eigenvalue weighted by atomic mass is 9.85. The van der Waals surface area contributed by atoms with E-state index in [1.165, 1.54) is 13.0 Å². The Morgan fingerprint density at radius 3 is 2.15 bits per heavy atom. The number of amides is 1. The van der Waals surface area contributed by atoms with Crippen molar-refractivity contribution in [3.05, 3.63) is 29.3 Å². The summed E-state index contributed by atoms with van der Waals surface area (Å²) in [4.78, 5) is 12.2. The van der Waals surface area contributed by atoms with Crippen LogP contribution in [0.15, 0.2) is 18.2 Å². The lowest BCUT2D eigenvalue weighted by molar-refractivity contribution is 0.0721. The number of carbonyl (C=O) groups excluding carboxylic acids is 1. The van der Waals surface area contributed by atoms with Gasteiger partial charge in [-0.3, -0.25) is 4.79 Å². The fourth-order valence-electron chi connectivity index (χ4n) is 1.80. The Morgan fingerprint density at radius 1 is 1.15 bits per heavy atom. The van der Waals surface area contributed by atoms with Crippen LogP contribution in [0.4, 0.5) is 0 Å². The SMILES string of the molecule is CC(CO)(CO)NC(=O)c1cccc(C(C)(C)C)c1O. The van der Waals surface area contributed by atoms with Gasteiger partial charge in [0.2, 0.25) is 0 Å². The maximum absolute atomic E-state index is 12.2. The van der Waals surface area contributed by atoms with Crippen LogP contribution in [0.1, 0.15) is 43.6 Å². The first-order valence-electron chi connectivity index (χ1n) is 6.51. The number of nitrogens with one attached hydrogen (secondary N) is 1. The molecule has 0 fully saturated rings. The zero-order chi connectivity index (χ0) is 15.6. The molecule has 0 aliphatic rings. The number of aliphatic hydroxyl groups is 2. The molecule has 0 saturated heterocycles. The van der Waals surface area contributed by atoms with Crippen LogP contribution < -0.4 is 5.32 Å². The van der Waals surface area contributed by atoms with E-state index in [2.05, 4.69) is 5.32 Å². The Hall–Kier alpha value is -1.59. The van der Waals surface area contributed by atoms with E-state index in [0.29, 0.717) is 5.56 Å². The zero-order valence-electron chi connectivity index (χ0n) is 12.4. The summed E-state index contributed by atoms with van der Waals surface area (Å²) in [6.07, 6.45) is 0. The monoisotopic (exact) mass is 281 g/mol. The van der Waals surface area contributed by atoms with Gasteiger partial charge in [0.05, 0.1) is 24.3 Å². The topological polar surface area (TPSA) is 89.8 Å². The van der Waals surface area contributed by atoms with Crippen LogP contribution >= 0.6 is 0 Å². The highest BCUT2D eigenvalue weighted by Crippen LogP contribution is 2.33.